The van der Waals surface area contributed by atoms with Gasteiger partial charge in [-0.05, 0) is 19.1 Å². The maximum Gasteiger partial charge on any atom is 0.164 e. The normalized spacial score (nSPS) is 9.31. The second-order valence-electron chi connectivity index (χ2n) is 2.56. The fourth-order valence-electron chi connectivity index (χ4n) is 0.995. The van der Waals surface area contributed by atoms with Gasteiger partial charge in [0.25, 0.3) is 0 Å². The Morgan fingerprint density at radius 2 is 2.23 bits per heavy atom. The summed E-state index contributed by atoms with van der Waals surface area (Å²) in [6, 6.07) is 4.23. The molecule has 3 nitrogen and oxygen atoms in total. The number of hydrogen-bond acceptors (Lipinski definition) is 3. The van der Waals surface area contributed by atoms with E-state index in [2.05, 4.69) is 0 Å². The molecule has 66 valence electrons. The Kier molecular flexibility index (Phi) is 2.29. The van der Waals surface area contributed by atoms with Gasteiger partial charge < -0.3 is 5.73 Å². The number of anilines is 1. The summed E-state index contributed by atoms with van der Waals surface area (Å²) < 4.78 is 13.1. The summed E-state index contributed by atoms with van der Waals surface area (Å²) >= 11 is 0. The van der Waals surface area contributed by atoms with Crippen LogP contribution in [-0.4, -0.2) is 5.78 Å². The molecular formula is C9H7FN2O. The number of hydrogen-bond donors (Lipinski definition) is 1. The predicted octanol–water partition coefficient (Wildman–Crippen LogP) is 1.48. The van der Waals surface area contributed by atoms with Gasteiger partial charge in [-0.2, -0.15) is 5.26 Å². The average Bonchev–Trinajstić information content (AvgIpc) is 2.09. The Bertz CT molecular complexity index is 407. The molecule has 2 N–H and O–H groups in total. The molecule has 0 radical (unpaired) electrons. The van der Waals surface area contributed by atoms with Crippen LogP contribution in [0.15, 0.2) is 12.1 Å². The average molecular weight is 178 g/mol. The number of nitrogens with two attached hydrogens (primary N) is 1. The van der Waals surface area contributed by atoms with E-state index >= 15 is 0 Å². The van der Waals surface area contributed by atoms with E-state index in [0.717, 1.165) is 0 Å². The first kappa shape index (κ1) is 9.20. The third-order valence-electron chi connectivity index (χ3n) is 1.66. The molecule has 0 fully saturated rings. The summed E-state index contributed by atoms with van der Waals surface area (Å²) in [7, 11) is 0. The zero-order valence-corrected chi connectivity index (χ0v) is 6.97. The van der Waals surface area contributed by atoms with E-state index in [1.807, 2.05) is 0 Å². The Hall–Kier alpha value is -1.89. The van der Waals surface area contributed by atoms with Crippen molar-refractivity contribution in [2.45, 2.75) is 6.92 Å². The minimum atomic E-state index is -0.824. The zero-order chi connectivity index (χ0) is 10.0. The fraction of sp³-hybridized carbons (Fsp3) is 0.111. The van der Waals surface area contributed by atoms with Gasteiger partial charge in [0, 0.05) is 5.56 Å². The van der Waals surface area contributed by atoms with E-state index in [4.69, 9.17) is 11.0 Å². The molecule has 0 aromatic heterocycles. The third-order valence-corrected chi connectivity index (χ3v) is 1.66. The molecule has 4 heteroatoms. The van der Waals surface area contributed by atoms with Crippen molar-refractivity contribution < 1.29 is 9.18 Å². The van der Waals surface area contributed by atoms with Crippen molar-refractivity contribution in [3.05, 3.63) is 29.1 Å². The maximum absolute atomic E-state index is 13.1. The van der Waals surface area contributed by atoms with E-state index in [1.54, 1.807) is 6.07 Å². The van der Waals surface area contributed by atoms with Crippen molar-refractivity contribution in [3.63, 3.8) is 0 Å². The molecule has 0 saturated carbocycles. The lowest BCUT2D eigenvalue weighted by Gasteiger charge is -2.02. The number of nitriles is 1. The lowest BCUT2D eigenvalue weighted by molar-refractivity contribution is 0.101. The maximum atomic E-state index is 13.1. The van der Waals surface area contributed by atoms with Crippen LogP contribution in [-0.2, 0) is 0 Å². The fourth-order valence-corrected chi connectivity index (χ4v) is 0.995. The molecule has 0 aliphatic heterocycles. The zero-order valence-electron chi connectivity index (χ0n) is 6.97. The summed E-state index contributed by atoms with van der Waals surface area (Å²) in [5.41, 5.74) is 4.88. The number of carbonyl (C=O) groups is 1. The molecule has 0 amide bonds. The van der Waals surface area contributed by atoms with Gasteiger partial charge in [-0.3, -0.25) is 4.79 Å². The number of ketones is 1. The van der Waals surface area contributed by atoms with Gasteiger partial charge in [0.1, 0.15) is 11.6 Å². The van der Waals surface area contributed by atoms with Gasteiger partial charge in [-0.15, -0.1) is 0 Å². The predicted molar refractivity (Wildman–Crippen MR) is 45.5 cm³/mol. The Morgan fingerprint density at radius 3 is 2.69 bits per heavy atom. The first-order valence-electron chi connectivity index (χ1n) is 3.57. The van der Waals surface area contributed by atoms with Gasteiger partial charge in [0.05, 0.1) is 5.69 Å². The van der Waals surface area contributed by atoms with E-state index < -0.39 is 5.82 Å². The molecule has 0 atom stereocenters. The van der Waals surface area contributed by atoms with Crippen molar-refractivity contribution >= 4 is 11.5 Å². The highest BCUT2D eigenvalue weighted by molar-refractivity contribution is 5.97. The van der Waals surface area contributed by atoms with Crippen LogP contribution in [0.5, 0.6) is 0 Å². The second kappa shape index (κ2) is 3.23. The first-order valence-corrected chi connectivity index (χ1v) is 3.57. The van der Waals surface area contributed by atoms with E-state index in [0.29, 0.717) is 0 Å². The summed E-state index contributed by atoms with van der Waals surface area (Å²) in [5.74, 6) is -1.18. The molecule has 1 rings (SSSR count). The SMILES string of the molecule is CC(=O)c1ccc(N)c(F)c1C#N. The van der Waals surface area contributed by atoms with Crippen LogP contribution in [0.3, 0.4) is 0 Å². The van der Waals surface area contributed by atoms with Crippen molar-refractivity contribution in [2.75, 3.05) is 5.73 Å². The molecule has 0 bridgehead atoms. The van der Waals surface area contributed by atoms with Crippen molar-refractivity contribution in [1.82, 2.24) is 0 Å². The van der Waals surface area contributed by atoms with Crippen LogP contribution in [0.4, 0.5) is 10.1 Å². The molecule has 13 heavy (non-hydrogen) atoms. The van der Waals surface area contributed by atoms with E-state index in [-0.39, 0.29) is 22.6 Å². The van der Waals surface area contributed by atoms with Crippen molar-refractivity contribution in [1.29, 1.82) is 5.26 Å². The lowest BCUT2D eigenvalue weighted by atomic mass is 10.0. The van der Waals surface area contributed by atoms with Gasteiger partial charge in [-0.1, -0.05) is 0 Å². The van der Waals surface area contributed by atoms with Gasteiger partial charge >= 0.3 is 0 Å². The van der Waals surface area contributed by atoms with Crippen molar-refractivity contribution in [3.8, 4) is 6.07 Å². The number of carbonyl (C=O) groups excluding carboxylic acids is 1. The summed E-state index contributed by atoms with van der Waals surface area (Å²) in [6.07, 6.45) is 0. The Labute approximate surface area is 74.6 Å². The molecule has 1 aromatic rings. The highest BCUT2D eigenvalue weighted by Crippen LogP contribution is 2.18. The minimum absolute atomic E-state index is 0.0641. The van der Waals surface area contributed by atoms with E-state index in [1.165, 1.54) is 19.1 Å². The van der Waals surface area contributed by atoms with Crippen molar-refractivity contribution in [2.24, 2.45) is 0 Å². The number of benzene rings is 1. The molecular weight excluding hydrogens is 171 g/mol. The molecule has 0 heterocycles. The van der Waals surface area contributed by atoms with E-state index in [9.17, 15) is 9.18 Å². The highest BCUT2D eigenvalue weighted by Gasteiger charge is 2.13. The number of rotatable bonds is 1. The van der Waals surface area contributed by atoms with Crippen LogP contribution >= 0.6 is 0 Å². The van der Waals surface area contributed by atoms with Crippen LogP contribution in [0.2, 0.25) is 0 Å². The molecule has 0 saturated heterocycles. The van der Waals surface area contributed by atoms with Crippen LogP contribution in [0.25, 0.3) is 0 Å². The Morgan fingerprint density at radius 1 is 1.62 bits per heavy atom. The molecule has 0 aliphatic carbocycles. The number of nitrogens with zero attached hydrogens (tertiary/aromatic N) is 1. The smallest absolute Gasteiger partial charge is 0.164 e. The summed E-state index contributed by atoms with van der Waals surface area (Å²) in [4.78, 5) is 10.9. The quantitative estimate of drug-likeness (QED) is 0.523. The third kappa shape index (κ3) is 1.49. The molecule has 0 unspecified atom stereocenters. The van der Waals surface area contributed by atoms with Gasteiger partial charge in [0.15, 0.2) is 11.6 Å². The Balaban J connectivity index is 3.50. The van der Waals surface area contributed by atoms with Gasteiger partial charge in [-0.25, -0.2) is 4.39 Å². The number of halogens is 1. The topological polar surface area (TPSA) is 66.9 Å². The highest BCUT2D eigenvalue weighted by atomic mass is 19.1. The number of Topliss-reactive ketones (excluding diaryl/α,β-unsaturated/α-hetero) is 1. The molecule has 0 spiro atoms. The largest absolute Gasteiger partial charge is 0.396 e. The summed E-state index contributed by atoms with van der Waals surface area (Å²) in [5, 5.41) is 8.57. The van der Waals surface area contributed by atoms with Gasteiger partial charge in [0.2, 0.25) is 0 Å². The van der Waals surface area contributed by atoms with Crippen LogP contribution < -0.4 is 5.73 Å². The van der Waals surface area contributed by atoms with Crippen LogP contribution in [0.1, 0.15) is 22.8 Å². The molecule has 0 aliphatic rings. The summed E-state index contributed by atoms with van der Waals surface area (Å²) in [6.45, 7) is 1.27. The minimum Gasteiger partial charge on any atom is -0.396 e. The molecule has 1 aromatic carbocycles. The first-order chi connectivity index (χ1) is 6.07. The monoisotopic (exact) mass is 178 g/mol. The second-order valence-corrected chi connectivity index (χ2v) is 2.56. The van der Waals surface area contributed by atoms with Crippen LogP contribution in [0, 0.1) is 17.1 Å². The number of nitrogen functional groups attached to an aromatic ring is 1. The lowest BCUT2D eigenvalue weighted by Crippen LogP contribution is -2.02. The standard InChI is InChI=1S/C9H7FN2O/c1-5(13)6-2-3-8(12)9(10)7(6)4-11/h2-3H,12H2,1H3.